The first-order valence-corrected chi connectivity index (χ1v) is 6.06. The molecule has 0 spiro atoms. The van der Waals surface area contributed by atoms with Gasteiger partial charge in [-0.3, -0.25) is 14.5 Å². The van der Waals surface area contributed by atoms with Crippen molar-refractivity contribution in [2.75, 3.05) is 0 Å². The van der Waals surface area contributed by atoms with E-state index in [0.29, 0.717) is 10.0 Å². The van der Waals surface area contributed by atoms with Gasteiger partial charge in [0.25, 0.3) is 0 Å². The molecule has 1 atom stereocenters. The summed E-state index contributed by atoms with van der Waals surface area (Å²) in [7, 11) is 0. The number of likely N-dealkylation sites (tertiary alicyclic amines) is 1. The largest absolute Gasteiger partial charge is 0.275 e. The van der Waals surface area contributed by atoms with Crippen LogP contribution < -0.4 is 0 Å². The van der Waals surface area contributed by atoms with Crippen LogP contribution in [0.2, 0.25) is 10.0 Å². The van der Waals surface area contributed by atoms with E-state index in [9.17, 15) is 9.59 Å². The number of benzene rings is 1. The van der Waals surface area contributed by atoms with Gasteiger partial charge in [0.1, 0.15) is 0 Å². The first kappa shape index (κ1) is 12.4. The van der Waals surface area contributed by atoms with Gasteiger partial charge in [0.05, 0.1) is 6.04 Å². The molecule has 0 unspecified atom stereocenters. The van der Waals surface area contributed by atoms with Gasteiger partial charge in [-0.05, 0) is 24.6 Å². The molecule has 0 N–H and O–H groups in total. The molecule has 0 radical (unpaired) electrons. The molecule has 1 aliphatic heterocycles. The molecule has 17 heavy (non-hydrogen) atoms. The van der Waals surface area contributed by atoms with E-state index in [-0.39, 0.29) is 30.7 Å². The van der Waals surface area contributed by atoms with E-state index < -0.39 is 0 Å². The highest BCUT2D eigenvalue weighted by molar-refractivity contribution is 6.35. The van der Waals surface area contributed by atoms with E-state index in [1.54, 1.807) is 25.1 Å². The third kappa shape index (κ3) is 2.31. The highest BCUT2D eigenvalue weighted by atomic mass is 35.5. The minimum absolute atomic E-state index is 0.145. The van der Waals surface area contributed by atoms with E-state index in [2.05, 4.69) is 0 Å². The molecule has 1 aliphatic rings. The fourth-order valence-electron chi connectivity index (χ4n) is 2.01. The maximum Gasteiger partial charge on any atom is 0.230 e. The summed E-state index contributed by atoms with van der Waals surface area (Å²) >= 11 is 11.9. The van der Waals surface area contributed by atoms with Crippen molar-refractivity contribution in [2.24, 2.45) is 0 Å². The number of amides is 2. The van der Waals surface area contributed by atoms with Crippen molar-refractivity contribution in [3.8, 4) is 0 Å². The Morgan fingerprint density at radius 3 is 2.29 bits per heavy atom. The van der Waals surface area contributed by atoms with Crippen molar-refractivity contribution in [3.63, 3.8) is 0 Å². The number of carbonyl (C=O) groups is 2. The molecule has 1 fully saturated rings. The predicted molar refractivity (Wildman–Crippen MR) is 66.0 cm³/mol. The highest BCUT2D eigenvalue weighted by Crippen LogP contribution is 2.32. The van der Waals surface area contributed by atoms with Crippen LogP contribution in [0.15, 0.2) is 18.2 Å². The normalized spacial score (nSPS) is 17.7. The third-order valence-corrected chi connectivity index (χ3v) is 3.45. The average Bonchev–Trinajstić information content (AvgIpc) is 2.58. The van der Waals surface area contributed by atoms with E-state index in [0.717, 1.165) is 5.56 Å². The molecule has 2 amide bonds. The summed E-state index contributed by atoms with van der Waals surface area (Å²) in [6.07, 6.45) is 0.572. The van der Waals surface area contributed by atoms with Gasteiger partial charge in [-0.15, -0.1) is 0 Å². The molecule has 0 bridgehead atoms. The summed E-state index contributed by atoms with van der Waals surface area (Å²) in [5.74, 6) is -0.290. The molecule has 1 heterocycles. The van der Waals surface area contributed by atoms with E-state index >= 15 is 0 Å². The van der Waals surface area contributed by atoms with E-state index in [1.165, 1.54) is 4.90 Å². The SMILES string of the molecule is C[C@H](c1ccc(Cl)cc1Cl)N1C(=O)CCC1=O. The highest BCUT2D eigenvalue weighted by Gasteiger charge is 2.34. The zero-order valence-electron chi connectivity index (χ0n) is 9.24. The van der Waals surface area contributed by atoms with Crippen LogP contribution in [0.25, 0.3) is 0 Å². The zero-order chi connectivity index (χ0) is 12.6. The molecule has 0 aromatic heterocycles. The quantitative estimate of drug-likeness (QED) is 0.775. The van der Waals surface area contributed by atoms with Crippen LogP contribution in [-0.2, 0) is 9.59 Å². The standard InChI is InChI=1S/C12H11Cl2NO2/c1-7(15-11(16)4-5-12(15)17)9-3-2-8(13)6-10(9)14/h2-3,6-7H,4-5H2,1H3/t7-/m1/s1. The average molecular weight is 272 g/mol. The molecule has 0 aliphatic carbocycles. The van der Waals surface area contributed by atoms with Crippen molar-refractivity contribution in [1.29, 1.82) is 0 Å². The van der Waals surface area contributed by atoms with Gasteiger partial charge < -0.3 is 0 Å². The Morgan fingerprint density at radius 2 is 1.76 bits per heavy atom. The van der Waals surface area contributed by atoms with Crippen LogP contribution in [-0.4, -0.2) is 16.7 Å². The predicted octanol–water partition coefficient (Wildman–Crippen LogP) is 3.20. The number of imide groups is 1. The number of carbonyl (C=O) groups excluding carboxylic acids is 2. The summed E-state index contributed by atoms with van der Waals surface area (Å²) in [6, 6.07) is 4.71. The molecule has 3 nitrogen and oxygen atoms in total. The van der Waals surface area contributed by atoms with Crippen LogP contribution in [0.4, 0.5) is 0 Å². The first-order chi connectivity index (χ1) is 8.00. The lowest BCUT2D eigenvalue weighted by atomic mass is 10.1. The van der Waals surface area contributed by atoms with Gasteiger partial charge in [-0.2, -0.15) is 0 Å². The molecule has 1 aromatic carbocycles. The van der Waals surface area contributed by atoms with Crippen LogP contribution in [0.5, 0.6) is 0 Å². The lowest BCUT2D eigenvalue weighted by Gasteiger charge is -2.23. The van der Waals surface area contributed by atoms with Gasteiger partial charge in [0, 0.05) is 22.9 Å². The monoisotopic (exact) mass is 271 g/mol. The Morgan fingerprint density at radius 1 is 1.18 bits per heavy atom. The van der Waals surface area contributed by atoms with E-state index in [4.69, 9.17) is 23.2 Å². The van der Waals surface area contributed by atoms with Gasteiger partial charge in [-0.1, -0.05) is 29.3 Å². The van der Waals surface area contributed by atoms with E-state index in [1.807, 2.05) is 0 Å². The number of nitrogens with zero attached hydrogens (tertiary/aromatic N) is 1. The Kier molecular flexibility index (Phi) is 3.40. The van der Waals surface area contributed by atoms with Crippen molar-refractivity contribution in [2.45, 2.75) is 25.8 Å². The van der Waals surface area contributed by atoms with Gasteiger partial charge in [0.2, 0.25) is 11.8 Å². The third-order valence-electron chi connectivity index (χ3n) is 2.89. The van der Waals surface area contributed by atoms with Crippen LogP contribution in [0.3, 0.4) is 0 Å². The van der Waals surface area contributed by atoms with Crippen molar-refractivity contribution >= 4 is 35.0 Å². The van der Waals surface area contributed by atoms with Crippen molar-refractivity contribution in [3.05, 3.63) is 33.8 Å². The Labute approximate surface area is 109 Å². The van der Waals surface area contributed by atoms with Gasteiger partial charge in [0.15, 0.2) is 0 Å². The summed E-state index contributed by atoms with van der Waals surface area (Å²) in [5.41, 5.74) is 0.736. The fourth-order valence-corrected chi connectivity index (χ4v) is 2.57. The lowest BCUT2D eigenvalue weighted by molar-refractivity contribution is -0.140. The number of halogens is 2. The second-order valence-electron chi connectivity index (χ2n) is 4.00. The van der Waals surface area contributed by atoms with Crippen LogP contribution >= 0.6 is 23.2 Å². The summed E-state index contributed by atoms with van der Waals surface area (Å²) < 4.78 is 0. The minimum Gasteiger partial charge on any atom is -0.275 e. The molecular formula is C12H11Cl2NO2. The first-order valence-electron chi connectivity index (χ1n) is 5.30. The molecule has 1 saturated heterocycles. The topological polar surface area (TPSA) is 37.4 Å². The Bertz CT molecular complexity index is 471. The second-order valence-corrected chi connectivity index (χ2v) is 4.84. The number of hydrogen-bond donors (Lipinski definition) is 0. The smallest absolute Gasteiger partial charge is 0.230 e. The summed E-state index contributed by atoms with van der Waals surface area (Å²) in [5, 5.41) is 1.00. The Hall–Kier alpha value is -1.06. The van der Waals surface area contributed by atoms with Crippen molar-refractivity contribution < 1.29 is 9.59 Å². The maximum atomic E-state index is 11.6. The molecule has 0 saturated carbocycles. The molecule has 5 heteroatoms. The molecular weight excluding hydrogens is 261 g/mol. The molecule has 2 rings (SSSR count). The Balaban J connectivity index is 2.33. The summed E-state index contributed by atoms with van der Waals surface area (Å²) in [6.45, 7) is 1.79. The molecule has 1 aromatic rings. The number of hydrogen-bond acceptors (Lipinski definition) is 2. The zero-order valence-corrected chi connectivity index (χ0v) is 10.8. The molecule has 90 valence electrons. The van der Waals surface area contributed by atoms with Crippen LogP contribution in [0, 0.1) is 0 Å². The number of rotatable bonds is 2. The van der Waals surface area contributed by atoms with Crippen molar-refractivity contribution in [1.82, 2.24) is 4.90 Å². The van der Waals surface area contributed by atoms with Gasteiger partial charge in [-0.25, -0.2) is 0 Å². The van der Waals surface area contributed by atoms with Crippen LogP contribution in [0.1, 0.15) is 31.4 Å². The van der Waals surface area contributed by atoms with Gasteiger partial charge >= 0.3 is 0 Å². The minimum atomic E-state index is -0.345. The lowest BCUT2D eigenvalue weighted by Crippen LogP contribution is -2.32. The second kappa shape index (κ2) is 4.67. The maximum absolute atomic E-state index is 11.6. The fraction of sp³-hybridized carbons (Fsp3) is 0.333. The summed E-state index contributed by atoms with van der Waals surface area (Å²) in [4.78, 5) is 24.5.